The van der Waals surface area contributed by atoms with E-state index in [2.05, 4.69) is 224 Å². The molecule has 2 aromatic heterocycles. The quantitative estimate of drug-likeness (QED) is 0.153. The van der Waals surface area contributed by atoms with Crippen LogP contribution in [0.1, 0.15) is 0 Å². The minimum Gasteiger partial charge on any atom is -0.378 e. The number of hydrogen-bond acceptors (Lipinski definition) is 10. The molecule has 7 aliphatic rings. The molecule has 0 spiro atoms. The average Bonchev–Trinajstić information content (AvgIpc) is 3.23. The van der Waals surface area contributed by atoms with E-state index in [1.54, 1.807) is 0 Å². The molecular weight excluding hydrogens is 1090 g/mol. The van der Waals surface area contributed by atoms with Gasteiger partial charge in [-0.05, 0) is 70.8 Å². The van der Waals surface area contributed by atoms with Gasteiger partial charge in [0.1, 0.15) is 0 Å². The third-order valence-electron chi connectivity index (χ3n) is 18.8. The molecule has 0 saturated carbocycles. The Bertz CT molecular complexity index is 4060. The summed E-state index contributed by atoms with van der Waals surface area (Å²) in [4.78, 5) is 30.5. The summed E-state index contributed by atoms with van der Waals surface area (Å²) in [6, 6.07) is 72.2. The van der Waals surface area contributed by atoms with Gasteiger partial charge in [-0.3, -0.25) is 0 Å². The highest BCUT2D eigenvalue weighted by Crippen LogP contribution is 2.52. The summed E-state index contributed by atoms with van der Waals surface area (Å²) in [5.41, 5.74) is 24.8. The van der Waals surface area contributed by atoms with Crippen LogP contribution in [0.2, 0.25) is 0 Å². The molecule has 17 rings (SSSR count). The lowest BCUT2D eigenvalue weighted by Crippen LogP contribution is -2.36. The zero-order valence-corrected chi connectivity index (χ0v) is 49.1. The van der Waals surface area contributed by atoms with Crippen LogP contribution >= 0.6 is 0 Å². The van der Waals surface area contributed by atoms with Crippen molar-refractivity contribution in [1.29, 1.82) is 0 Å². The summed E-state index contributed by atoms with van der Waals surface area (Å²) >= 11 is 0. The molecule has 12 heteroatoms. The molecule has 8 heterocycles. The third-order valence-corrected chi connectivity index (χ3v) is 18.8. The van der Waals surface area contributed by atoms with Gasteiger partial charge in [0, 0.05) is 141 Å². The summed E-state index contributed by atoms with van der Waals surface area (Å²) < 4.78 is 23.3. The minimum atomic E-state index is 0.709. The van der Waals surface area contributed by atoms with Gasteiger partial charge < -0.3 is 48.5 Å². The minimum absolute atomic E-state index is 0.709. The van der Waals surface area contributed by atoms with Crippen molar-refractivity contribution >= 4 is 66.4 Å². The molecule has 12 nitrogen and oxygen atoms in total. The van der Waals surface area contributed by atoms with Crippen LogP contribution in [0.15, 0.2) is 194 Å². The summed E-state index contributed by atoms with van der Waals surface area (Å²) in [6.07, 6.45) is 0. The second-order valence-corrected chi connectivity index (χ2v) is 23.6. The largest absolute Gasteiger partial charge is 0.378 e. The van der Waals surface area contributed by atoms with Crippen LogP contribution in [0, 0.1) is 0 Å². The van der Waals surface area contributed by atoms with Crippen LogP contribution in [-0.4, -0.2) is 125 Å². The van der Waals surface area contributed by atoms with E-state index in [0.717, 1.165) is 186 Å². The molecule has 2 N–H and O–H groups in total. The van der Waals surface area contributed by atoms with E-state index in [1.807, 2.05) is 0 Å². The molecule has 8 aromatic carbocycles. The van der Waals surface area contributed by atoms with Crippen LogP contribution < -0.4 is 19.6 Å². The first-order valence-corrected chi connectivity index (χ1v) is 31.2. The van der Waals surface area contributed by atoms with Crippen molar-refractivity contribution in [2.75, 3.05) is 125 Å². The molecule has 1 aliphatic carbocycles. The van der Waals surface area contributed by atoms with Crippen molar-refractivity contribution in [1.82, 2.24) is 19.9 Å². The fraction of sp³-hybridized carbons (Fsp3) is 0.211. The molecule has 0 radical (unpaired) electrons. The maximum Gasteiger partial charge on any atom is 0.0816 e. The number of aromatic amines is 2. The van der Waals surface area contributed by atoms with E-state index in [0.29, 0.717) is 52.9 Å². The molecule has 8 bridgehead atoms. The second kappa shape index (κ2) is 22.3. The maximum absolute atomic E-state index is 6.14. The molecular formula is C76H66N8O4. The highest BCUT2D eigenvalue weighted by Gasteiger charge is 2.31. The highest BCUT2D eigenvalue weighted by molar-refractivity contribution is 6.21. The van der Waals surface area contributed by atoms with E-state index in [9.17, 15) is 0 Å². The van der Waals surface area contributed by atoms with Gasteiger partial charge in [-0.25, -0.2) is 9.97 Å². The Balaban J connectivity index is 1.06. The molecule has 4 fully saturated rings. The molecule has 6 aliphatic heterocycles. The molecule has 0 amide bonds. The highest BCUT2D eigenvalue weighted by atomic mass is 16.5. The number of nitrogens with zero attached hydrogens (tertiary/aromatic N) is 6. The SMILES string of the molecule is c1ccc2c(c1)-c1nc-2c(-c2ccc(N3CCOCC3)cc2)c2[nH]c(c(-c3ccc(N4CCOCC4)cc3)c3nc(c(-c4ccc(N5CCOCC5)cc4)c4[nH]c(c1-c1ccc(N5CCOCC5)cc1)c1ccccc41)-c1ccccc1-3)c1ccccc21. The zero-order valence-electron chi connectivity index (χ0n) is 49.1. The van der Waals surface area contributed by atoms with Gasteiger partial charge in [-0.15, -0.1) is 0 Å². The monoisotopic (exact) mass is 1150 g/mol. The normalized spacial score (nSPS) is 16.1. The summed E-state index contributed by atoms with van der Waals surface area (Å²) in [7, 11) is 0. The van der Waals surface area contributed by atoms with Gasteiger partial charge in [0.2, 0.25) is 0 Å². The first kappa shape index (κ1) is 52.7. The number of hydrogen-bond donors (Lipinski definition) is 2. The van der Waals surface area contributed by atoms with Gasteiger partial charge in [-0.1, -0.05) is 146 Å². The van der Waals surface area contributed by atoms with E-state index >= 15 is 0 Å². The molecule has 434 valence electrons. The van der Waals surface area contributed by atoms with Crippen LogP contribution in [0.5, 0.6) is 0 Å². The zero-order chi connectivity index (χ0) is 58.1. The van der Waals surface area contributed by atoms with Crippen LogP contribution in [0.4, 0.5) is 22.7 Å². The third kappa shape index (κ3) is 9.12. The second-order valence-electron chi connectivity index (χ2n) is 23.6. The van der Waals surface area contributed by atoms with Crippen LogP contribution in [0.25, 0.3) is 133 Å². The van der Waals surface area contributed by atoms with Crippen molar-refractivity contribution in [3.05, 3.63) is 194 Å². The summed E-state index contributed by atoms with van der Waals surface area (Å²) in [5.74, 6) is 0. The van der Waals surface area contributed by atoms with Crippen LogP contribution in [0.3, 0.4) is 0 Å². The molecule has 4 saturated heterocycles. The lowest BCUT2D eigenvalue weighted by Gasteiger charge is -2.29. The predicted octanol–water partition coefficient (Wildman–Crippen LogP) is 15.3. The fourth-order valence-corrected chi connectivity index (χ4v) is 14.4. The number of anilines is 4. The van der Waals surface area contributed by atoms with Crippen molar-refractivity contribution in [2.45, 2.75) is 0 Å². The maximum atomic E-state index is 6.14. The van der Waals surface area contributed by atoms with Crippen molar-refractivity contribution in [3.8, 4) is 89.5 Å². The first-order valence-electron chi connectivity index (χ1n) is 31.2. The number of nitrogens with one attached hydrogen (secondary N) is 2. The number of H-pyrrole nitrogens is 2. The van der Waals surface area contributed by atoms with Crippen molar-refractivity contribution in [3.63, 3.8) is 0 Å². The number of morpholine rings is 4. The number of rotatable bonds is 8. The Morgan fingerprint density at radius 1 is 0.250 bits per heavy atom. The number of benzene rings is 8. The number of aromatic nitrogens is 4. The molecule has 88 heavy (non-hydrogen) atoms. The molecule has 0 unspecified atom stereocenters. The smallest absolute Gasteiger partial charge is 0.0816 e. The Labute approximate surface area is 511 Å². The Morgan fingerprint density at radius 3 is 0.670 bits per heavy atom. The van der Waals surface area contributed by atoms with Crippen molar-refractivity contribution < 1.29 is 18.9 Å². The fourth-order valence-electron chi connectivity index (χ4n) is 14.4. The van der Waals surface area contributed by atoms with Crippen LogP contribution in [-0.2, 0) is 18.9 Å². The Kier molecular flexibility index (Phi) is 13.4. The molecule has 10 aromatic rings. The Hall–Kier alpha value is -9.56. The standard InChI is InChI=1S/C76H66N8O4/c1-2-10-58-57(9-1)69-65(49-17-25-53(26-18-49)81-33-41-85-42-34-81)71-59-11-3-4-12-60(59)73(78-71)67(51-21-29-55(30-22-51)83-37-45-87-46-38-83)75-63-15-7-8-16-64(63)76(80-75)68(52-23-31-56(32-24-52)84-39-47-88-48-40-84)74-62-14-6-5-13-61(62)72(79-74)66(70(58)77-69)50-19-27-54(28-20-50)82-35-43-86-44-36-82/h1-32,77,80H,33-48H2. The number of ether oxygens (including phenoxy) is 4. The van der Waals surface area contributed by atoms with Gasteiger partial charge in [0.25, 0.3) is 0 Å². The van der Waals surface area contributed by atoms with E-state index in [1.165, 1.54) is 22.7 Å². The van der Waals surface area contributed by atoms with E-state index < -0.39 is 0 Å². The van der Waals surface area contributed by atoms with Gasteiger partial charge in [0.15, 0.2) is 0 Å². The van der Waals surface area contributed by atoms with Gasteiger partial charge in [0.05, 0.1) is 97.7 Å². The molecule has 0 atom stereocenters. The summed E-state index contributed by atoms with van der Waals surface area (Å²) in [6.45, 7) is 12.4. The lowest BCUT2D eigenvalue weighted by atomic mass is 9.93. The van der Waals surface area contributed by atoms with E-state index in [4.69, 9.17) is 28.9 Å². The lowest BCUT2D eigenvalue weighted by molar-refractivity contribution is 0.122. The summed E-state index contributed by atoms with van der Waals surface area (Å²) in [5, 5.41) is 4.38. The Morgan fingerprint density at radius 2 is 0.455 bits per heavy atom. The van der Waals surface area contributed by atoms with Gasteiger partial charge in [-0.2, -0.15) is 0 Å². The topological polar surface area (TPSA) is 107 Å². The first-order chi connectivity index (χ1) is 43.7. The predicted molar refractivity (Wildman–Crippen MR) is 359 cm³/mol. The van der Waals surface area contributed by atoms with E-state index in [-0.39, 0.29) is 0 Å². The van der Waals surface area contributed by atoms with Gasteiger partial charge >= 0.3 is 0 Å². The van der Waals surface area contributed by atoms with Crippen molar-refractivity contribution in [2.24, 2.45) is 0 Å². The average molecular weight is 1160 g/mol.